The Morgan fingerprint density at radius 1 is 0.870 bits per heavy atom. The molecule has 0 unspecified atom stereocenters. The van der Waals surface area contributed by atoms with Crippen molar-refractivity contribution >= 4 is 23.7 Å². The molecule has 10 heteroatoms. The number of benzene rings is 3. The van der Waals surface area contributed by atoms with Crippen LogP contribution in [0.1, 0.15) is 56.8 Å². The normalized spacial score (nSPS) is 11.4. The first-order chi connectivity index (χ1) is 22.2. The predicted octanol–water partition coefficient (Wildman–Crippen LogP) is 5.14. The molecule has 0 fully saturated rings. The molecule has 10 nitrogen and oxygen atoms in total. The minimum absolute atomic E-state index is 0.218. The number of hydrogen-bond acceptors (Lipinski definition) is 8. The third kappa shape index (κ3) is 12.0. The van der Waals surface area contributed by atoms with Crippen LogP contribution in [0.15, 0.2) is 65.8 Å². The number of nitrogens with one attached hydrogen (secondary N) is 2. The van der Waals surface area contributed by atoms with Crippen molar-refractivity contribution in [1.82, 2.24) is 15.2 Å². The number of hydrazone groups is 1. The fourth-order valence-corrected chi connectivity index (χ4v) is 4.69. The van der Waals surface area contributed by atoms with Gasteiger partial charge in [-0.3, -0.25) is 9.59 Å². The van der Waals surface area contributed by atoms with Crippen molar-refractivity contribution in [3.63, 3.8) is 0 Å². The van der Waals surface area contributed by atoms with Crippen LogP contribution in [-0.4, -0.2) is 94.6 Å². The molecule has 3 aromatic carbocycles. The monoisotopic (exact) mass is 631 g/mol. The molecule has 0 bridgehead atoms. The predicted molar refractivity (Wildman–Crippen MR) is 184 cm³/mol. The second kappa shape index (κ2) is 19.4. The van der Waals surface area contributed by atoms with Crippen LogP contribution in [-0.2, 0) is 16.0 Å². The minimum atomic E-state index is -0.485. The van der Waals surface area contributed by atoms with E-state index in [9.17, 15) is 9.59 Å². The molecule has 0 saturated heterocycles. The fraction of sp³-hybridized carbons (Fsp3) is 0.417. The fourth-order valence-electron chi connectivity index (χ4n) is 4.69. The van der Waals surface area contributed by atoms with E-state index in [0.717, 1.165) is 49.4 Å². The number of likely N-dealkylation sites (N-methyl/N-ethyl adjacent to an activating group) is 2. The van der Waals surface area contributed by atoms with E-state index < -0.39 is 5.91 Å². The Hall–Kier alpha value is -4.09. The van der Waals surface area contributed by atoms with E-state index in [2.05, 4.69) is 46.5 Å². The average molecular weight is 632 g/mol. The molecule has 0 saturated carbocycles. The number of rotatable bonds is 19. The van der Waals surface area contributed by atoms with Gasteiger partial charge in [-0.05, 0) is 86.6 Å². The first-order valence-corrected chi connectivity index (χ1v) is 15.8. The topological polar surface area (TPSA) is 105 Å². The van der Waals surface area contributed by atoms with Gasteiger partial charge < -0.3 is 29.3 Å². The number of aryl methyl sites for hydroxylation is 2. The zero-order valence-electron chi connectivity index (χ0n) is 28.1. The summed E-state index contributed by atoms with van der Waals surface area (Å²) in [4.78, 5) is 31.4. The van der Waals surface area contributed by atoms with Gasteiger partial charge in [0.2, 0.25) is 0 Å². The van der Waals surface area contributed by atoms with Crippen LogP contribution in [0.4, 0.5) is 5.69 Å². The second-order valence-corrected chi connectivity index (χ2v) is 11.1. The third-order valence-corrected chi connectivity index (χ3v) is 7.66. The molecule has 248 valence electrons. The maximum absolute atomic E-state index is 13.4. The van der Waals surface area contributed by atoms with E-state index in [1.54, 1.807) is 37.6 Å². The third-order valence-electron chi connectivity index (χ3n) is 7.66. The molecule has 0 spiro atoms. The maximum Gasteiger partial charge on any atom is 0.273 e. The molecule has 0 aromatic heterocycles. The molecule has 0 radical (unpaired) electrons. The summed E-state index contributed by atoms with van der Waals surface area (Å²) in [6.07, 6.45) is 1.59. The molecule has 0 aliphatic heterocycles. The summed E-state index contributed by atoms with van der Waals surface area (Å²) < 4.78 is 16.3. The smallest absolute Gasteiger partial charge is 0.273 e. The maximum atomic E-state index is 13.4. The van der Waals surface area contributed by atoms with Crippen molar-refractivity contribution in [2.45, 2.75) is 34.2 Å². The lowest BCUT2D eigenvalue weighted by atomic mass is 10.1. The summed E-state index contributed by atoms with van der Waals surface area (Å²) in [7, 11) is 3.70. The summed E-state index contributed by atoms with van der Waals surface area (Å²) in [6, 6.07) is 18.4. The molecule has 0 aliphatic rings. The highest BCUT2D eigenvalue weighted by Crippen LogP contribution is 2.24. The van der Waals surface area contributed by atoms with Gasteiger partial charge in [0.1, 0.15) is 12.4 Å². The number of hydrogen-bond donors (Lipinski definition) is 2. The molecule has 3 rings (SSSR count). The number of carbonyl (C=O) groups is 2. The van der Waals surface area contributed by atoms with E-state index in [4.69, 9.17) is 14.2 Å². The Bertz CT molecular complexity index is 1440. The van der Waals surface area contributed by atoms with Crippen LogP contribution in [0.3, 0.4) is 0 Å². The summed E-state index contributed by atoms with van der Waals surface area (Å²) in [5.74, 6) is -0.340. The standard InChI is InChI=1S/C36H49N5O5/c1-7-41(8-2)17-16-40(5)26-30-10-9-11-31(23-30)35(42)38-34-15-14-32(46-21-20-45-19-18-44-6)24-33(34)36(43)39-37-25-29-13-12-27(3)28(4)22-29/h9-15,22-25H,7-8,16-21,26H2,1-6H3,(H,38,42)(H,39,43)/b37-25+. The van der Waals surface area contributed by atoms with Crippen molar-refractivity contribution in [1.29, 1.82) is 0 Å². The number of amides is 2. The first-order valence-electron chi connectivity index (χ1n) is 15.8. The lowest BCUT2D eigenvalue weighted by molar-refractivity contribution is 0.0544. The van der Waals surface area contributed by atoms with Gasteiger partial charge >= 0.3 is 0 Å². The van der Waals surface area contributed by atoms with Gasteiger partial charge in [0, 0.05) is 32.3 Å². The summed E-state index contributed by atoms with van der Waals surface area (Å²) in [5.41, 5.74) is 7.85. The molecule has 0 aliphatic carbocycles. The van der Waals surface area contributed by atoms with E-state index in [1.807, 2.05) is 50.2 Å². The Balaban J connectivity index is 1.73. The molecular weight excluding hydrogens is 582 g/mol. The SMILES string of the molecule is CCN(CC)CCN(C)Cc1cccc(C(=O)Nc2ccc(OCCOCCOC)cc2C(=O)N/N=C/c2ccc(C)c(C)c2)c1. The van der Waals surface area contributed by atoms with Gasteiger partial charge in [-0.15, -0.1) is 0 Å². The number of carbonyl (C=O) groups excluding carboxylic acids is 2. The van der Waals surface area contributed by atoms with Gasteiger partial charge in [0.15, 0.2) is 0 Å². The number of ether oxygens (including phenoxy) is 3. The summed E-state index contributed by atoms with van der Waals surface area (Å²) >= 11 is 0. The van der Waals surface area contributed by atoms with Crippen molar-refractivity contribution < 1.29 is 23.8 Å². The molecule has 0 atom stereocenters. The summed E-state index contributed by atoms with van der Waals surface area (Å²) in [5, 5.41) is 7.08. The van der Waals surface area contributed by atoms with E-state index >= 15 is 0 Å². The first kappa shape index (κ1) is 36.4. The van der Waals surface area contributed by atoms with Crippen molar-refractivity contribution in [2.24, 2.45) is 5.10 Å². The van der Waals surface area contributed by atoms with Crippen LogP contribution in [0.25, 0.3) is 0 Å². The second-order valence-electron chi connectivity index (χ2n) is 11.1. The highest BCUT2D eigenvalue weighted by Gasteiger charge is 2.17. The van der Waals surface area contributed by atoms with Crippen LogP contribution < -0.4 is 15.5 Å². The van der Waals surface area contributed by atoms with Gasteiger partial charge in [-0.1, -0.05) is 44.2 Å². The number of methoxy groups -OCH3 is 1. The van der Waals surface area contributed by atoms with Gasteiger partial charge in [0.05, 0.1) is 37.3 Å². The zero-order valence-corrected chi connectivity index (χ0v) is 28.1. The van der Waals surface area contributed by atoms with Gasteiger partial charge in [-0.25, -0.2) is 5.43 Å². The van der Waals surface area contributed by atoms with E-state index in [0.29, 0.717) is 36.8 Å². The van der Waals surface area contributed by atoms with Crippen LogP contribution in [0.2, 0.25) is 0 Å². The molecule has 46 heavy (non-hydrogen) atoms. The Morgan fingerprint density at radius 2 is 1.65 bits per heavy atom. The Labute approximate surface area is 273 Å². The zero-order chi connectivity index (χ0) is 33.3. The van der Waals surface area contributed by atoms with Crippen molar-refractivity contribution in [3.8, 4) is 5.75 Å². The van der Waals surface area contributed by atoms with Crippen molar-refractivity contribution in [3.05, 3.63) is 94.0 Å². The van der Waals surface area contributed by atoms with Crippen LogP contribution >= 0.6 is 0 Å². The Morgan fingerprint density at radius 3 is 2.39 bits per heavy atom. The van der Waals surface area contributed by atoms with E-state index in [-0.39, 0.29) is 18.1 Å². The van der Waals surface area contributed by atoms with Crippen molar-refractivity contribution in [2.75, 3.05) is 72.1 Å². The largest absolute Gasteiger partial charge is 0.491 e. The summed E-state index contributed by atoms with van der Waals surface area (Å²) in [6.45, 7) is 14.7. The molecule has 0 heterocycles. The lowest BCUT2D eigenvalue weighted by Gasteiger charge is -2.23. The molecule has 2 N–H and O–H groups in total. The highest BCUT2D eigenvalue weighted by atomic mass is 16.5. The molecule has 2 amide bonds. The lowest BCUT2D eigenvalue weighted by Crippen LogP contribution is -2.32. The van der Waals surface area contributed by atoms with Crippen LogP contribution in [0, 0.1) is 13.8 Å². The Kier molecular flexibility index (Phi) is 15.4. The van der Waals surface area contributed by atoms with Crippen LogP contribution in [0.5, 0.6) is 5.75 Å². The van der Waals surface area contributed by atoms with Gasteiger partial charge in [-0.2, -0.15) is 5.10 Å². The van der Waals surface area contributed by atoms with E-state index in [1.165, 1.54) is 5.56 Å². The molecule has 3 aromatic rings. The molecular formula is C36H49N5O5. The number of nitrogens with zero attached hydrogens (tertiary/aromatic N) is 3. The quantitative estimate of drug-likeness (QED) is 0.107. The average Bonchev–Trinajstić information content (AvgIpc) is 3.05. The minimum Gasteiger partial charge on any atom is -0.491 e. The number of anilines is 1. The van der Waals surface area contributed by atoms with Gasteiger partial charge in [0.25, 0.3) is 11.8 Å². The highest BCUT2D eigenvalue weighted by molar-refractivity contribution is 6.09.